The maximum absolute atomic E-state index is 11.3. The summed E-state index contributed by atoms with van der Waals surface area (Å²) in [5.74, 6) is 4.12. The monoisotopic (exact) mass is 200 g/mol. The topological polar surface area (TPSA) is 72.2 Å². The van der Waals surface area contributed by atoms with Crippen LogP contribution in [-0.4, -0.2) is 11.8 Å². The smallest absolute Gasteiger partial charge is 0.293 e. The van der Waals surface area contributed by atoms with E-state index in [4.69, 9.17) is 5.73 Å². The molecule has 15 heavy (non-hydrogen) atoms. The zero-order valence-electron chi connectivity index (χ0n) is 7.83. The van der Waals surface area contributed by atoms with E-state index in [-0.39, 0.29) is 5.91 Å². The molecule has 0 aromatic heterocycles. The average Bonchev–Trinajstić information content (AvgIpc) is 2.58. The van der Waals surface area contributed by atoms with E-state index >= 15 is 0 Å². The van der Waals surface area contributed by atoms with Crippen LogP contribution < -0.4 is 11.1 Å². The molecule has 1 aromatic rings. The van der Waals surface area contributed by atoms with Crippen LogP contribution in [0.3, 0.4) is 0 Å². The van der Waals surface area contributed by atoms with Gasteiger partial charge in [-0.3, -0.25) is 9.59 Å². The van der Waals surface area contributed by atoms with E-state index in [0.29, 0.717) is 17.7 Å². The Kier molecular flexibility index (Phi) is 2.14. The summed E-state index contributed by atoms with van der Waals surface area (Å²) in [6.45, 7) is 0.456. The van der Waals surface area contributed by atoms with Gasteiger partial charge in [-0.25, -0.2) is 0 Å². The third-order valence-electron chi connectivity index (χ3n) is 2.17. The second kappa shape index (κ2) is 3.46. The van der Waals surface area contributed by atoms with Crippen molar-refractivity contribution in [3.8, 4) is 11.8 Å². The number of primary amides is 1. The molecule has 0 radical (unpaired) electrons. The molecule has 1 heterocycles. The van der Waals surface area contributed by atoms with Crippen molar-refractivity contribution in [3.05, 3.63) is 34.9 Å². The molecule has 0 saturated carbocycles. The highest BCUT2D eigenvalue weighted by atomic mass is 16.2. The first-order valence-electron chi connectivity index (χ1n) is 4.40. The zero-order valence-corrected chi connectivity index (χ0v) is 7.83. The van der Waals surface area contributed by atoms with Gasteiger partial charge in [-0.05, 0) is 23.6 Å². The van der Waals surface area contributed by atoms with Gasteiger partial charge in [-0.1, -0.05) is 12.0 Å². The van der Waals surface area contributed by atoms with Gasteiger partial charge in [0.2, 0.25) is 0 Å². The third kappa shape index (κ3) is 1.67. The van der Waals surface area contributed by atoms with Gasteiger partial charge in [0.15, 0.2) is 0 Å². The summed E-state index contributed by atoms with van der Waals surface area (Å²) >= 11 is 0. The summed E-state index contributed by atoms with van der Waals surface area (Å²) < 4.78 is 0. The fraction of sp³-hybridized carbons (Fsp3) is 0.0909. The number of rotatable bonds is 0. The number of nitrogens with two attached hydrogens (primary N) is 1. The Morgan fingerprint density at radius 1 is 1.47 bits per heavy atom. The minimum absolute atomic E-state index is 0.104. The van der Waals surface area contributed by atoms with Gasteiger partial charge < -0.3 is 11.1 Å². The maximum atomic E-state index is 11.3. The van der Waals surface area contributed by atoms with Crippen LogP contribution in [0, 0.1) is 11.8 Å². The Bertz CT molecular complexity index is 509. The molecule has 0 spiro atoms. The first kappa shape index (κ1) is 9.28. The van der Waals surface area contributed by atoms with Gasteiger partial charge in [0, 0.05) is 17.7 Å². The molecular weight excluding hydrogens is 192 g/mol. The van der Waals surface area contributed by atoms with E-state index in [2.05, 4.69) is 17.2 Å². The number of carbonyl (C=O) groups is 2. The predicted octanol–water partition coefficient (Wildman–Crippen LogP) is -0.233. The lowest BCUT2D eigenvalue weighted by Gasteiger charge is -1.97. The maximum Gasteiger partial charge on any atom is 0.293 e. The summed E-state index contributed by atoms with van der Waals surface area (Å²) in [5.41, 5.74) is 7.04. The average molecular weight is 200 g/mol. The largest absolute Gasteiger partial charge is 0.359 e. The highest BCUT2D eigenvalue weighted by molar-refractivity contribution is 5.99. The molecule has 1 aromatic carbocycles. The van der Waals surface area contributed by atoms with Crippen molar-refractivity contribution in [2.45, 2.75) is 6.54 Å². The lowest BCUT2D eigenvalue weighted by molar-refractivity contribution is -0.112. The van der Waals surface area contributed by atoms with Crippen molar-refractivity contribution in [2.24, 2.45) is 5.73 Å². The quantitative estimate of drug-likeness (QED) is 0.568. The van der Waals surface area contributed by atoms with Crippen LogP contribution in [-0.2, 0) is 11.3 Å². The minimum atomic E-state index is -0.676. The van der Waals surface area contributed by atoms with Gasteiger partial charge in [0.05, 0.1) is 0 Å². The minimum Gasteiger partial charge on any atom is -0.359 e. The van der Waals surface area contributed by atoms with Crippen LogP contribution in [0.1, 0.15) is 21.5 Å². The van der Waals surface area contributed by atoms with Crippen molar-refractivity contribution in [1.29, 1.82) is 0 Å². The third-order valence-corrected chi connectivity index (χ3v) is 2.17. The second-order valence-corrected chi connectivity index (χ2v) is 3.13. The van der Waals surface area contributed by atoms with E-state index in [1.807, 2.05) is 0 Å². The number of hydrogen-bond donors (Lipinski definition) is 2. The van der Waals surface area contributed by atoms with E-state index in [9.17, 15) is 9.59 Å². The molecular formula is C11H8N2O2. The number of carbonyl (C=O) groups excluding carboxylic acids is 2. The number of amides is 2. The van der Waals surface area contributed by atoms with Gasteiger partial charge in [0.1, 0.15) is 0 Å². The first-order valence-corrected chi connectivity index (χ1v) is 4.40. The van der Waals surface area contributed by atoms with Crippen molar-refractivity contribution in [1.82, 2.24) is 5.32 Å². The number of fused-ring (bicyclic) bond motifs is 1. The normalized spacial score (nSPS) is 12.4. The van der Waals surface area contributed by atoms with Crippen LogP contribution in [0.25, 0.3) is 0 Å². The van der Waals surface area contributed by atoms with Gasteiger partial charge in [-0.2, -0.15) is 0 Å². The van der Waals surface area contributed by atoms with Crippen molar-refractivity contribution in [3.63, 3.8) is 0 Å². The summed E-state index contributed by atoms with van der Waals surface area (Å²) in [4.78, 5) is 21.8. The molecule has 4 heteroatoms. The predicted molar refractivity (Wildman–Crippen MR) is 53.7 cm³/mol. The van der Waals surface area contributed by atoms with E-state index < -0.39 is 5.91 Å². The number of benzene rings is 1. The molecule has 74 valence electrons. The molecule has 0 unspecified atom stereocenters. The summed E-state index contributed by atoms with van der Waals surface area (Å²) in [5, 5.41) is 2.69. The van der Waals surface area contributed by atoms with Gasteiger partial charge in [-0.15, -0.1) is 0 Å². The van der Waals surface area contributed by atoms with Crippen LogP contribution in [0.5, 0.6) is 0 Å². The molecule has 2 rings (SSSR count). The van der Waals surface area contributed by atoms with Crippen molar-refractivity contribution in [2.75, 3.05) is 0 Å². The molecule has 0 fully saturated rings. The van der Waals surface area contributed by atoms with Crippen LogP contribution in [0.4, 0.5) is 0 Å². The molecule has 0 saturated heterocycles. The Hall–Kier alpha value is -2.28. The van der Waals surface area contributed by atoms with E-state index in [0.717, 1.165) is 5.56 Å². The first-order chi connectivity index (χ1) is 7.18. The van der Waals surface area contributed by atoms with E-state index in [1.165, 1.54) is 0 Å². The zero-order chi connectivity index (χ0) is 10.8. The molecule has 2 amide bonds. The van der Waals surface area contributed by atoms with Crippen molar-refractivity contribution < 1.29 is 9.59 Å². The molecule has 3 N–H and O–H groups in total. The van der Waals surface area contributed by atoms with Crippen LogP contribution in [0.2, 0.25) is 0 Å². The van der Waals surface area contributed by atoms with Crippen LogP contribution in [0.15, 0.2) is 18.2 Å². The Morgan fingerprint density at radius 2 is 2.27 bits per heavy atom. The fourth-order valence-electron chi connectivity index (χ4n) is 1.50. The molecule has 0 bridgehead atoms. The summed E-state index contributed by atoms with van der Waals surface area (Å²) in [6.07, 6.45) is 0. The SMILES string of the molecule is NC(=O)C#Cc1cccc2c1CNC2=O. The standard InChI is InChI=1S/C11H8N2O2/c12-10(14)5-4-7-2-1-3-8-9(7)6-13-11(8)15/h1-3H,6H2,(H2,12,14)(H,13,15). The molecule has 1 aliphatic rings. The molecule has 1 aliphatic heterocycles. The highest BCUT2D eigenvalue weighted by Crippen LogP contribution is 2.18. The highest BCUT2D eigenvalue weighted by Gasteiger charge is 2.20. The molecule has 4 nitrogen and oxygen atoms in total. The van der Waals surface area contributed by atoms with Crippen molar-refractivity contribution >= 4 is 11.8 Å². The van der Waals surface area contributed by atoms with Gasteiger partial charge in [0.25, 0.3) is 11.8 Å². The second-order valence-electron chi connectivity index (χ2n) is 3.13. The molecule has 0 aliphatic carbocycles. The number of hydrogen-bond acceptors (Lipinski definition) is 2. The Morgan fingerprint density at radius 3 is 3.00 bits per heavy atom. The molecule has 0 atom stereocenters. The summed E-state index contributed by atoms with van der Waals surface area (Å²) in [7, 11) is 0. The van der Waals surface area contributed by atoms with Crippen LogP contribution >= 0.6 is 0 Å². The Labute approximate surface area is 86.5 Å². The fourth-order valence-corrected chi connectivity index (χ4v) is 1.50. The lowest BCUT2D eigenvalue weighted by atomic mass is 10.0. The lowest BCUT2D eigenvalue weighted by Crippen LogP contribution is -2.12. The number of nitrogens with one attached hydrogen (secondary N) is 1. The van der Waals surface area contributed by atoms with E-state index in [1.54, 1.807) is 18.2 Å². The van der Waals surface area contributed by atoms with Gasteiger partial charge >= 0.3 is 0 Å². The Balaban J connectivity index is 2.48. The summed E-state index contributed by atoms with van der Waals surface area (Å²) in [6, 6.07) is 5.22.